The van der Waals surface area contributed by atoms with Crippen LogP contribution in [-0.2, 0) is 0 Å². The number of aromatic nitrogens is 2. The molecule has 0 aliphatic carbocycles. The molecule has 1 unspecified atom stereocenters. The molecule has 0 bridgehead atoms. The first-order chi connectivity index (χ1) is 6.18. The zero-order chi connectivity index (χ0) is 9.42. The van der Waals surface area contributed by atoms with Gasteiger partial charge in [-0.15, -0.1) is 0 Å². The normalized spacial score (nSPS) is 20.5. The number of nitrogen functional groups attached to an aromatic ring is 1. The van der Waals surface area contributed by atoms with Crippen LogP contribution >= 0.6 is 0 Å². The van der Waals surface area contributed by atoms with E-state index in [4.69, 9.17) is 5.73 Å². The van der Waals surface area contributed by atoms with Gasteiger partial charge in [0.2, 0.25) is 5.95 Å². The van der Waals surface area contributed by atoms with Crippen LogP contribution in [0.3, 0.4) is 0 Å². The quantitative estimate of drug-likeness (QED) is 0.535. The number of anilines is 2. The number of nitrogens with one attached hydrogen (secondary N) is 2. The largest absolute Gasteiger partial charge is 0.370 e. The third-order valence-corrected chi connectivity index (χ3v) is 2.34. The molecular weight excluding hydrogens is 168 g/mol. The molecule has 0 radical (unpaired) electrons. The number of aromatic amines is 1. The number of nitrogens with two attached hydrogens (primary N) is 1. The highest BCUT2D eigenvalue weighted by Crippen LogP contribution is 2.26. The first kappa shape index (κ1) is 8.10. The molecule has 2 rings (SSSR count). The van der Waals surface area contributed by atoms with E-state index in [0.29, 0.717) is 5.82 Å². The zero-order valence-corrected chi connectivity index (χ0v) is 7.42. The maximum Gasteiger partial charge on any atom is 0.257 e. The standard InChI is InChI=1S/C8H12N4O/c1-4-2-3-10-6-5(4)7(13)12-8(9)11-6/h4H,2-3H2,1H3,(H4,9,10,11,12,13). The van der Waals surface area contributed by atoms with E-state index in [9.17, 15) is 4.79 Å². The fourth-order valence-electron chi connectivity index (χ4n) is 1.64. The van der Waals surface area contributed by atoms with Gasteiger partial charge in [0.15, 0.2) is 0 Å². The van der Waals surface area contributed by atoms with Crippen LogP contribution in [0.5, 0.6) is 0 Å². The van der Waals surface area contributed by atoms with Crippen LogP contribution in [0.25, 0.3) is 0 Å². The Balaban J connectivity index is 2.63. The Kier molecular flexibility index (Phi) is 1.72. The molecule has 1 aliphatic heterocycles. The van der Waals surface area contributed by atoms with Gasteiger partial charge in [0.05, 0.1) is 5.56 Å². The Labute approximate surface area is 75.4 Å². The Hall–Kier alpha value is -1.52. The van der Waals surface area contributed by atoms with Crippen molar-refractivity contribution in [3.05, 3.63) is 15.9 Å². The summed E-state index contributed by atoms with van der Waals surface area (Å²) in [6, 6.07) is 0. The van der Waals surface area contributed by atoms with Crippen molar-refractivity contribution in [1.82, 2.24) is 9.97 Å². The van der Waals surface area contributed by atoms with Gasteiger partial charge >= 0.3 is 0 Å². The summed E-state index contributed by atoms with van der Waals surface area (Å²) in [6.45, 7) is 2.87. The van der Waals surface area contributed by atoms with E-state index in [1.807, 2.05) is 6.92 Å². The second kappa shape index (κ2) is 2.76. The van der Waals surface area contributed by atoms with Crippen molar-refractivity contribution >= 4 is 11.8 Å². The van der Waals surface area contributed by atoms with Gasteiger partial charge in [0.25, 0.3) is 5.56 Å². The van der Waals surface area contributed by atoms with Crippen molar-refractivity contribution < 1.29 is 0 Å². The lowest BCUT2D eigenvalue weighted by molar-refractivity contribution is 0.666. The molecule has 0 amide bonds. The molecule has 0 fully saturated rings. The first-order valence-electron chi connectivity index (χ1n) is 4.32. The van der Waals surface area contributed by atoms with Crippen molar-refractivity contribution in [1.29, 1.82) is 0 Å². The zero-order valence-electron chi connectivity index (χ0n) is 7.42. The predicted molar refractivity (Wildman–Crippen MR) is 50.8 cm³/mol. The minimum absolute atomic E-state index is 0.123. The van der Waals surface area contributed by atoms with Crippen LogP contribution in [0.2, 0.25) is 0 Å². The lowest BCUT2D eigenvalue weighted by Crippen LogP contribution is -2.26. The number of hydrogen-bond acceptors (Lipinski definition) is 4. The van der Waals surface area contributed by atoms with E-state index >= 15 is 0 Å². The minimum atomic E-state index is -0.123. The molecule has 13 heavy (non-hydrogen) atoms. The van der Waals surface area contributed by atoms with E-state index in [0.717, 1.165) is 18.5 Å². The van der Waals surface area contributed by atoms with Gasteiger partial charge in [-0.1, -0.05) is 6.92 Å². The summed E-state index contributed by atoms with van der Waals surface area (Å²) in [7, 11) is 0. The van der Waals surface area contributed by atoms with Gasteiger partial charge in [0.1, 0.15) is 5.82 Å². The van der Waals surface area contributed by atoms with Gasteiger partial charge < -0.3 is 11.1 Å². The van der Waals surface area contributed by atoms with Crippen LogP contribution in [-0.4, -0.2) is 16.5 Å². The lowest BCUT2D eigenvalue weighted by atomic mass is 9.96. The van der Waals surface area contributed by atoms with Crippen LogP contribution in [0.4, 0.5) is 11.8 Å². The highest BCUT2D eigenvalue weighted by Gasteiger charge is 2.20. The summed E-state index contributed by atoms with van der Waals surface area (Å²) in [5.41, 5.74) is 6.02. The summed E-state index contributed by atoms with van der Waals surface area (Å²) in [5, 5.41) is 3.06. The topological polar surface area (TPSA) is 83.8 Å². The van der Waals surface area contributed by atoms with Crippen molar-refractivity contribution in [2.45, 2.75) is 19.3 Å². The van der Waals surface area contributed by atoms with Crippen molar-refractivity contribution in [3.8, 4) is 0 Å². The van der Waals surface area contributed by atoms with E-state index in [2.05, 4.69) is 15.3 Å². The van der Waals surface area contributed by atoms with Crippen molar-refractivity contribution in [2.24, 2.45) is 0 Å². The second-order valence-electron chi connectivity index (χ2n) is 3.33. The number of rotatable bonds is 0. The number of H-pyrrole nitrogens is 1. The van der Waals surface area contributed by atoms with Crippen LogP contribution in [0.15, 0.2) is 4.79 Å². The summed E-state index contributed by atoms with van der Waals surface area (Å²) in [5.74, 6) is 1.07. The first-order valence-corrected chi connectivity index (χ1v) is 4.32. The molecule has 0 saturated heterocycles. The van der Waals surface area contributed by atoms with Crippen LogP contribution in [0, 0.1) is 0 Å². The Morgan fingerprint density at radius 3 is 3.15 bits per heavy atom. The van der Waals surface area contributed by atoms with Gasteiger partial charge in [-0.2, -0.15) is 4.98 Å². The maximum absolute atomic E-state index is 11.5. The molecule has 0 aromatic carbocycles. The maximum atomic E-state index is 11.5. The smallest absolute Gasteiger partial charge is 0.257 e. The lowest BCUT2D eigenvalue weighted by Gasteiger charge is -2.21. The van der Waals surface area contributed by atoms with Crippen LogP contribution in [0.1, 0.15) is 24.8 Å². The van der Waals surface area contributed by atoms with E-state index < -0.39 is 0 Å². The van der Waals surface area contributed by atoms with E-state index in [1.54, 1.807) is 0 Å². The molecular formula is C8H12N4O. The molecule has 4 N–H and O–H groups in total. The summed E-state index contributed by atoms with van der Waals surface area (Å²) in [6.07, 6.45) is 0.960. The molecule has 1 aliphatic rings. The average Bonchev–Trinajstić information content (AvgIpc) is 2.02. The fourth-order valence-corrected chi connectivity index (χ4v) is 1.64. The minimum Gasteiger partial charge on any atom is -0.370 e. The number of hydrogen-bond donors (Lipinski definition) is 3. The van der Waals surface area contributed by atoms with E-state index in [1.165, 1.54) is 0 Å². The van der Waals surface area contributed by atoms with Gasteiger partial charge in [0, 0.05) is 6.54 Å². The highest BCUT2D eigenvalue weighted by atomic mass is 16.1. The average molecular weight is 180 g/mol. The third kappa shape index (κ3) is 1.26. The molecule has 1 aromatic rings. The molecule has 1 atom stereocenters. The van der Waals surface area contributed by atoms with Gasteiger partial charge in [-0.25, -0.2) is 0 Å². The Morgan fingerprint density at radius 1 is 1.62 bits per heavy atom. The summed E-state index contributed by atoms with van der Waals surface area (Å²) < 4.78 is 0. The number of fused-ring (bicyclic) bond motifs is 1. The van der Waals surface area contributed by atoms with Gasteiger partial charge in [-0.3, -0.25) is 9.78 Å². The van der Waals surface area contributed by atoms with Gasteiger partial charge in [-0.05, 0) is 12.3 Å². The predicted octanol–water partition coefficient (Wildman–Crippen LogP) is 0.271. The van der Waals surface area contributed by atoms with E-state index in [-0.39, 0.29) is 17.4 Å². The van der Waals surface area contributed by atoms with Crippen molar-refractivity contribution in [2.75, 3.05) is 17.6 Å². The molecule has 70 valence electrons. The van der Waals surface area contributed by atoms with Crippen LogP contribution < -0.4 is 16.6 Å². The Bertz CT molecular complexity index is 384. The fraction of sp³-hybridized carbons (Fsp3) is 0.500. The molecule has 2 heterocycles. The molecule has 0 saturated carbocycles. The number of nitrogens with zero attached hydrogens (tertiary/aromatic N) is 1. The monoisotopic (exact) mass is 180 g/mol. The molecule has 5 nitrogen and oxygen atoms in total. The third-order valence-electron chi connectivity index (χ3n) is 2.34. The summed E-state index contributed by atoms with van der Waals surface area (Å²) >= 11 is 0. The SMILES string of the molecule is CC1CCNc2nc(N)[nH]c(=O)c21. The highest BCUT2D eigenvalue weighted by molar-refractivity contribution is 5.49. The summed E-state index contributed by atoms with van der Waals surface area (Å²) in [4.78, 5) is 18.0. The second-order valence-corrected chi connectivity index (χ2v) is 3.33. The molecule has 0 spiro atoms. The Morgan fingerprint density at radius 2 is 2.38 bits per heavy atom. The molecule has 1 aromatic heterocycles. The molecule has 5 heteroatoms. The van der Waals surface area contributed by atoms with Crippen molar-refractivity contribution in [3.63, 3.8) is 0 Å².